The molecule has 1 aliphatic heterocycles. The van der Waals surface area contributed by atoms with Crippen molar-refractivity contribution in [3.8, 4) is 0 Å². The molecular weight excluding hydrogens is 390 g/mol. The normalized spacial score (nSPS) is 19.0. The van der Waals surface area contributed by atoms with Crippen LogP contribution in [0.5, 0.6) is 0 Å². The van der Waals surface area contributed by atoms with Gasteiger partial charge in [0.15, 0.2) is 0 Å². The number of likely N-dealkylation sites (tertiary alicyclic amines) is 1. The highest BCUT2D eigenvalue weighted by Crippen LogP contribution is 2.40. The van der Waals surface area contributed by atoms with E-state index in [1.165, 1.54) is 16.2 Å². The predicted octanol–water partition coefficient (Wildman–Crippen LogP) is 2.83. The Kier molecular flexibility index (Phi) is 6.28. The Morgan fingerprint density at radius 3 is 2.56 bits per heavy atom. The van der Waals surface area contributed by atoms with Crippen molar-refractivity contribution in [3.05, 3.63) is 62.8 Å². The van der Waals surface area contributed by atoms with Gasteiger partial charge in [0.1, 0.15) is 5.76 Å². The first-order valence-corrected chi connectivity index (χ1v) is 9.56. The number of Topliss-reactive ketones (excluding diaryl/α,β-unsaturated/α-hetero) is 1. The molecule has 0 spiro atoms. The summed E-state index contributed by atoms with van der Waals surface area (Å²) in [5.74, 6) is -1.65. The van der Waals surface area contributed by atoms with Gasteiger partial charge in [-0.15, -0.1) is 11.3 Å². The Hall–Kier alpha value is -2.19. The van der Waals surface area contributed by atoms with Gasteiger partial charge in [0, 0.05) is 22.0 Å². The lowest BCUT2D eigenvalue weighted by atomic mass is 10.00. The molecule has 0 saturated carbocycles. The summed E-state index contributed by atoms with van der Waals surface area (Å²) in [5, 5.41) is 21.9. The van der Waals surface area contributed by atoms with E-state index < -0.39 is 17.7 Å². The molecule has 8 heteroatoms. The van der Waals surface area contributed by atoms with E-state index in [2.05, 4.69) is 0 Å². The van der Waals surface area contributed by atoms with Gasteiger partial charge in [0.05, 0.1) is 31.4 Å². The number of carbonyl (C=O) groups is 2. The number of nitrogens with zero attached hydrogens (tertiary/aromatic N) is 1. The first-order chi connectivity index (χ1) is 13.0. The van der Waals surface area contributed by atoms with Crippen LogP contribution in [0.2, 0.25) is 5.02 Å². The van der Waals surface area contributed by atoms with Crippen LogP contribution in [0.4, 0.5) is 0 Å². The monoisotopic (exact) mass is 407 g/mol. The van der Waals surface area contributed by atoms with E-state index in [4.69, 9.17) is 21.4 Å². The molecule has 1 aliphatic rings. The van der Waals surface area contributed by atoms with Gasteiger partial charge in [0.25, 0.3) is 11.7 Å². The fourth-order valence-corrected chi connectivity index (χ4v) is 3.92. The second kappa shape index (κ2) is 8.67. The average molecular weight is 408 g/mol. The van der Waals surface area contributed by atoms with Crippen molar-refractivity contribution in [1.29, 1.82) is 0 Å². The van der Waals surface area contributed by atoms with Crippen LogP contribution < -0.4 is 0 Å². The smallest absolute Gasteiger partial charge is 0.295 e. The van der Waals surface area contributed by atoms with Crippen molar-refractivity contribution >= 4 is 40.4 Å². The van der Waals surface area contributed by atoms with Gasteiger partial charge in [0.2, 0.25) is 0 Å². The number of halogens is 1. The summed E-state index contributed by atoms with van der Waals surface area (Å²) in [4.78, 5) is 27.4. The fourth-order valence-electron chi connectivity index (χ4n) is 2.95. The van der Waals surface area contributed by atoms with Crippen LogP contribution >= 0.6 is 22.9 Å². The first-order valence-electron chi connectivity index (χ1n) is 8.31. The van der Waals surface area contributed by atoms with Crippen LogP contribution in [0.3, 0.4) is 0 Å². The van der Waals surface area contributed by atoms with Gasteiger partial charge in [-0.25, -0.2) is 0 Å². The third-order valence-electron chi connectivity index (χ3n) is 4.18. The number of benzene rings is 1. The van der Waals surface area contributed by atoms with Crippen LogP contribution in [0.25, 0.3) is 5.76 Å². The number of rotatable bonds is 7. The van der Waals surface area contributed by atoms with E-state index in [9.17, 15) is 14.7 Å². The zero-order valence-electron chi connectivity index (χ0n) is 14.3. The van der Waals surface area contributed by atoms with Crippen LogP contribution in [-0.2, 0) is 14.3 Å². The van der Waals surface area contributed by atoms with E-state index in [1.54, 1.807) is 24.3 Å². The van der Waals surface area contributed by atoms with Crippen LogP contribution in [0, 0.1) is 0 Å². The summed E-state index contributed by atoms with van der Waals surface area (Å²) < 4.78 is 5.24. The third kappa shape index (κ3) is 4.06. The number of thiophene rings is 1. The molecule has 1 unspecified atom stereocenters. The standard InChI is InChI=1S/C19H18ClNO5S/c20-13-5-3-12(4-6-13)17(23)15-16(14-2-1-11-27-14)21(19(25)18(15)24)7-9-26-10-8-22/h1-6,11,16,22-23H,7-10H2/b17-15+. The quantitative estimate of drug-likeness (QED) is 0.319. The van der Waals surface area contributed by atoms with Crippen molar-refractivity contribution in [2.45, 2.75) is 6.04 Å². The highest BCUT2D eigenvalue weighted by atomic mass is 35.5. The predicted molar refractivity (Wildman–Crippen MR) is 103 cm³/mol. The molecule has 1 aromatic carbocycles. The minimum absolute atomic E-state index is 0.0481. The molecule has 2 aromatic rings. The summed E-state index contributed by atoms with van der Waals surface area (Å²) in [7, 11) is 0. The molecule has 1 saturated heterocycles. The molecule has 1 atom stereocenters. The molecule has 0 aliphatic carbocycles. The largest absolute Gasteiger partial charge is 0.507 e. The molecule has 1 aromatic heterocycles. The third-order valence-corrected chi connectivity index (χ3v) is 5.36. The molecule has 2 heterocycles. The van der Waals surface area contributed by atoms with Gasteiger partial charge in [-0.1, -0.05) is 17.7 Å². The number of ether oxygens (including phenoxy) is 1. The Bertz CT molecular complexity index is 847. The second-order valence-electron chi connectivity index (χ2n) is 5.85. The highest BCUT2D eigenvalue weighted by molar-refractivity contribution is 7.10. The number of amides is 1. The molecule has 142 valence electrons. The summed E-state index contributed by atoms with van der Waals surface area (Å²) in [6, 6.07) is 9.37. The number of aliphatic hydroxyl groups excluding tert-OH is 2. The van der Waals surface area contributed by atoms with Crippen molar-refractivity contribution in [2.24, 2.45) is 0 Å². The summed E-state index contributed by atoms with van der Waals surface area (Å²) in [5.41, 5.74) is 0.461. The molecule has 1 amide bonds. The number of hydrogen-bond acceptors (Lipinski definition) is 6. The molecular formula is C19H18ClNO5S. The van der Waals surface area contributed by atoms with Crippen LogP contribution in [0.15, 0.2) is 47.4 Å². The van der Waals surface area contributed by atoms with Crippen LogP contribution in [-0.4, -0.2) is 53.2 Å². The maximum atomic E-state index is 12.7. The lowest BCUT2D eigenvalue weighted by Crippen LogP contribution is -2.32. The molecule has 2 N–H and O–H groups in total. The minimum Gasteiger partial charge on any atom is -0.507 e. The molecule has 0 radical (unpaired) electrons. The lowest BCUT2D eigenvalue weighted by molar-refractivity contribution is -0.140. The highest BCUT2D eigenvalue weighted by Gasteiger charge is 2.46. The Morgan fingerprint density at radius 1 is 1.19 bits per heavy atom. The minimum atomic E-state index is -0.733. The lowest BCUT2D eigenvalue weighted by Gasteiger charge is -2.23. The van der Waals surface area contributed by atoms with Gasteiger partial charge >= 0.3 is 0 Å². The zero-order valence-corrected chi connectivity index (χ0v) is 15.9. The zero-order chi connectivity index (χ0) is 19.4. The van der Waals surface area contributed by atoms with Crippen molar-refractivity contribution < 1.29 is 24.5 Å². The number of hydrogen-bond donors (Lipinski definition) is 2. The number of aliphatic hydroxyl groups is 2. The van der Waals surface area contributed by atoms with Gasteiger partial charge in [-0.3, -0.25) is 9.59 Å². The number of carbonyl (C=O) groups excluding carboxylic acids is 2. The molecule has 1 fully saturated rings. The molecule has 3 rings (SSSR count). The van der Waals surface area contributed by atoms with Gasteiger partial charge in [-0.2, -0.15) is 0 Å². The summed E-state index contributed by atoms with van der Waals surface area (Å²) in [6.07, 6.45) is 0. The number of ketones is 1. The first kappa shape index (κ1) is 19.6. The molecule has 0 bridgehead atoms. The van der Waals surface area contributed by atoms with E-state index >= 15 is 0 Å². The Morgan fingerprint density at radius 2 is 1.93 bits per heavy atom. The van der Waals surface area contributed by atoms with Crippen molar-refractivity contribution in [3.63, 3.8) is 0 Å². The van der Waals surface area contributed by atoms with Crippen LogP contribution in [0.1, 0.15) is 16.5 Å². The van der Waals surface area contributed by atoms with Crippen molar-refractivity contribution in [1.82, 2.24) is 4.90 Å². The van der Waals surface area contributed by atoms with E-state index in [1.807, 2.05) is 17.5 Å². The van der Waals surface area contributed by atoms with E-state index in [0.29, 0.717) is 10.6 Å². The molecule has 6 nitrogen and oxygen atoms in total. The summed E-state index contributed by atoms with van der Waals surface area (Å²) >= 11 is 7.28. The van der Waals surface area contributed by atoms with Gasteiger partial charge in [-0.05, 0) is 35.7 Å². The maximum Gasteiger partial charge on any atom is 0.295 e. The summed E-state index contributed by atoms with van der Waals surface area (Å²) in [6.45, 7) is 0.378. The SMILES string of the molecule is O=C1C(=O)N(CCOCCO)C(c2cccs2)/C1=C(\O)c1ccc(Cl)cc1. The molecule has 27 heavy (non-hydrogen) atoms. The van der Waals surface area contributed by atoms with Crippen molar-refractivity contribution in [2.75, 3.05) is 26.4 Å². The Balaban J connectivity index is 2.00. The van der Waals surface area contributed by atoms with E-state index in [0.717, 1.165) is 4.88 Å². The maximum absolute atomic E-state index is 12.7. The van der Waals surface area contributed by atoms with E-state index in [-0.39, 0.29) is 37.7 Å². The Labute approximate surface area is 165 Å². The fraction of sp³-hybridized carbons (Fsp3) is 0.263. The van der Waals surface area contributed by atoms with Gasteiger partial charge < -0.3 is 19.8 Å². The second-order valence-corrected chi connectivity index (χ2v) is 7.27. The average Bonchev–Trinajstić information content (AvgIpc) is 3.27. The topological polar surface area (TPSA) is 87.1 Å².